The van der Waals surface area contributed by atoms with Crippen LogP contribution in [0.5, 0.6) is 0 Å². The highest BCUT2D eigenvalue weighted by Crippen LogP contribution is 2.40. The Balaban J connectivity index is 1.46. The van der Waals surface area contributed by atoms with Gasteiger partial charge in [0.15, 0.2) is 12.1 Å². The van der Waals surface area contributed by atoms with Crippen molar-refractivity contribution < 1.29 is 33.3 Å². The fourth-order valence-corrected chi connectivity index (χ4v) is 6.22. The van der Waals surface area contributed by atoms with Gasteiger partial charge in [-0.05, 0) is 49.9 Å². The van der Waals surface area contributed by atoms with E-state index in [0.29, 0.717) is 12.1 Å². The normalized spacial score (nSPS) is 22.6. The third kappa shape index (κ3) is 8.55. The highest BCUT2D eigenvalue weighted by molar-refractivity contribution is 5.94. The van der Waals surface area contributed by atoms with E-state index in [1.807, 2.05) is 91.9 Å². The molecule has 2 aliphatic heterocycles. The number of carbonyl (C=O) groups excluding carboxylic acids is 3. The number of rotatable bonds is 13. The summed E-state index contributed by atoms with van der Waals surface area (Å²) in [7, 11) is 1.51. The Bertz CT molecular complexity index is 1520. The van der Waals surface area contributed by atoms with E-state index in [2.05, 4.69) is 10.6 Å². The summed E-state index contributed by atoms with van der Waals surface area (Å²) in [5, 5.41) is 6.03. The molecule has 0 spiro atoms. The SMILES string of the molecule is CO[C@H]1[C@@H]2OC(C)(C)O[C@@H]2O[C@H]1[C@H](CC(N)=O)NC(=O)[C@H](Cc1ccccc1)N(CCc1ccccc1)C(=O)Nc1ccccc1C. The number of para-hydroxylation sites is 1. The van der Waals surface area contributed by atoms with Crippen LogP contribution in [0.15, 0.2) is 84.9 Å². The molecule has 11 nitrogen and oxygen atoms in total. The minimum absolute atomic E-state index is 0.219. The van der Waals surface area contributed by atoms with Crippen molar-refractivity contribution in [2.24, 2.45) is 5.73 Å². The zero-order valence-corrected chi connectivity index (χ0v) is 27.3. The molecular formula is C36H44N4O7. The standard InChI is InChI=1S/C36H44N4O7/c1-23-13-11-12-18-26(23)39-35(43)40(20-19-24-14-7-5-8-15-24)28(21-25-16-9-6-10-17-25)33(42)38-27(22-29(37)41)30-31(44-4)32-34(45-30)47-36(2,3)46-32/h5-18,27-28,30-32,34H,19-22H2,1-4H3,(H2,37,41)(H,38,42)(H,39,43)/t27-,28-,30-,31+,32-,34-/m0/s1. The van der Waals surface area contributed by atoms with Crippen molar-refractivity contribution in [3.63, 3.8) is 0 Å². The summed E-state index contributed by atoms with van der Waals surface area (Å²) in [5.41, 5.74) is 9.08. The number of hydrogen-bond donors (Lipinski definition) is 3. The second kappa shape index (κ2) is 15.1. The molecule has 3 aromatic rings. The molecular weight excluding hydrogens is 600 g/mol. The number of fused-ring (bicyclic) bond motifs is 1. The number of nitrogens with one attached hydrogen (secondary N) is 2. The van der Waals surface area contributed by atoms with Gasteiger partial charge in [-0.1, -0.05) is 78.9 Å². The molecule has 47 heavy (non-hydrogen) atoms. The quantitative estimate of drug-likeness (QED) is 0.256. The number of ether oxygens (including phenoxy) is 4. The van der Waals surface area contributed by atoms with E-state index in [4.69, 9.17) is 24.7 Å². The van der Waals surface area contributed by atoms with E-state index in [-0.39, 0.29) is 19.4 Å². The number of benzene rings is 3. The first-order valence-electron chi connectivity index (χ1n) is 15.9. The summed E-state index contributed by atoms with van der Waals surface area (Å²) in [6.45, 7) is 5.71. The van der Waals surface area contributed by atoms with E-state index in [1.54, 1.807) is 18.7 Å². The predicted molar refractivity (Wildman–Crippen MR) is 176 cm³/mol. The smallest absolute Gasteiger partial charge is 0.322 e. The molecule has 250 valence electrons. The molecule has 4 amide bonds. The van der Waals surface area contributed by atoms with Gasteiger partial charge in [0.25, 0.3) is 0 Å². The van der Waals surface area contributed by atoms with Gasteiger partial charge in [-0.2, -0.15) is 0 Å². The molecule has 2 heterocycles. The van der Waals surface area contributed by atoms with Crippen LogP contribution >= 0.6 is 0 Å². The number of urea groups is 1. The molecule has 0 radical (unpaired) electrons. The van der Waals surface area contributed by atoms with Crippen LogP contribution < -0.4 is 16.4 Å². The first kappa shape index (κ1) is 34.1. The lowest BCUT2D eigenvalue weighted by molar-refractivity contribution is -0.220. The van der Waals surface area contributed by atoms with Gasteiger partial charge in [0, 0.05) is 32.2 Å². The maximum atomic E-state index is 14.5. The van der Waals surface area contributed by atoms with Crippen molar-refractivity contribution in [1.29, 1.82) is 0 Å². The summed E-state index contributed by atoms with van der Waals surface area (Å²) in [6.07, 6.45) is -2.29. The van der Waals surface area contributed by atoms with Gasteiger partial charge in [0.05, 0.1) is 6.04 Å². The number of methoxy groups -OCH3 is 1. The van der Waals surface area contributed by atoms with Crippen LogP contribution in [0, 0.1) is 6.92 Å². The summed E-state index contributed by atoms with van der Waals surface area (Å²) in [6, 6.07) is 24.4. The molecule has 0 aromatic heterocycles. The Hall–Kier alpha value is -4.29. The Morgan fingerprint density at radius 3 is 2.21 bits per heavy atom. The zero-order valence-electron chi connectivity index (χ0n) is 27.3. The molecule has 0 aliphatic carbocycles. The number of nitrogens with two attached hydrogens (primary N) is 1. The summed E-state index contributed by atoms with van der Waals surface area (Å²) in [5.74, 6) is -1.99. The van der Waals surface area contributed by atoms with Crippen LogP contribution in [-0.4, -0.2) is 78.9 Å². The van der Waals surface area contributed by atoms with Gasteiger partial charge in [0.1, 0.15) is 24.4 Å². The average molecular weight is 645 g/mol. The van der Waals surface area contributed by atoms with Gasteiger partial charge in [-0.25, -0.2) is 4.79 Å². The van der Waals surface area contributed by atoms with Crippen molar-refractivity contribution in [2.75, 3.05) is 19.0 Å². The number of amides is 4. The number of nitrogens with zero attached hydrogens (tertiary/aromatic N) is 1. The topological polar surface area (TPSA) is 141 Å². The lowest BCUT2D eigenvalue weighted by atomic mass is 9.98. The van der Waals surface area contributed by atoms with Crippen molar-refractivity contribution in [3.05, 3.63) is 102 Å². The van der Waals surface area contributed by atoms with Crippen LogP contribution in [0.2, 0.25) is 0 Å². The molecule has 4 N–H and O–H groups in total. The van der Waals surface area contributed by atoms with E-state index in [1.165, 1.54) is 7.11 Å². The highest BCUT2D eigenvalue weighted by Gasteiger charge is 2.57. The van der Waals surface area contributed by atoms with Gasteiger partial charge in [0.2, 0.25) is 11.8 Å². The Morgan fingerprint density at radius 2 is 1.57 bits per heavy atom. The molecule has 0 unspecified atom stereocenters. The van der Waals surface area contributed by atoms with Crippen molar-refractivity contribution >= 4 is 23.5 Å². The highest BCUT2D eigenvalue weighted by atomic mass is 16.8. The van der Waals surface area contributed by atoms with E-state index < -0.39 is 60.3 Å². The van der Waals surface area contributed by atoms with Crippen molar-refractivity contribution in [1.82, 2.24) is 10.2 Å². The average Bonchev–Trinajstić information content (AvgIpc) is 3.53. The molecule has 2 saturated heterocycles. The van der Waals surface area contributed by atoms with Crippen LogP contribution in [0.3, 0.4) is 0 Å². The number of carbonyl (C=O) groups is 3. The first-order chi connectivity index (χ1) is 22.5. The third-order valence-corrected chi connectivity index (χ3v) is 8.53. The molecule has 0 saturated carbocycles. The van der Waals surface area contributed by atoms with Crippen molar-refractivity contribution in [3.8, 4) is 0 Å². The molecule has 2 aliphatic rings. The fraction of sp³-hybridized carbons (Fsp3) is 0.417. The van der Waals surface area contributed by atoms with E-state index in [9.17, 15) is 14.4 Å². The minimum Gasteiger partial charge on any atom is -0.376 e. The summed E-state index contributed by atoms with van der Waals surface area (Å²) >= 11 is 0. The van der Waals surface area contributed by atoms with E-state index in [0.717, 1.165) is 16.7 Å². The van der Waals surface area contributed by atoms with Gasteiger partial charge in [-0.15, -0.1) is 0 Å². The molecule has 5 rings (SSSR count). The van der Waals surface area contributed by atoms with Gasteiger partial charge >= 0.3 is 6.03 Å². The predicted octanol–water partition coefficient (Wildman–Crippen LogP) is 3.93. The largest absolute Gasteiger partial charge is 0.376 e. The van der Waals surface area contributed by atoms with Crippen molar-refractivity contribution in [2.45, 2.75) is 82.5 Å². The van der Waals surface area contributed by atoms with Crippen LogP contribution in [0.1, 0.15) is 37.0 Å². The van der Waals surface area contributed by atoms with Crippen LogP contribution in [-0.2, 0) is 41.4 Å². The van der Waals surface area contributed by atoms with Gasteiger partial charge < -0.3 is 40.2 Å². The first-order valence-corrected chi connectivity index (χ1v) is 15.9. The number of aryl methyl sites for hydroxylation is 1. The molecule has 3 aromatic carbocycles. The number of primary amides is 1. The number of anilines is 1. The zero-order chi connectivity index (χ0) is 33.6. The summed E-state index contributed by atoms with van der Waals surface area (Å²) < 4.78 is 23.9. The summed E-state index contributed by atoms with van der Waals surface area (Å²) in [4.78, 5) is 42.5. The fourth-order valence-electron chi connectivity index (χ4n) is 6.22. The minimum atomic E-state index is -0.964. The Labute approximate surface area is 275 Å². The lowest BCUT2D eigenvalue weighted by Crippen LogP contribution is -2.58. The second-order valence-corrected chi connectivity index (χ2v) is 12.4. The molecule has 0 bridgehead atoms. The maximum Gasteiger partial charge on any atom is 0.322 e. The van der Waals surface area contributed by atoms with Crippen LogP contribution in [0.4, 0.5) is 10.5 Å². The molecule has 6 atom stereocenters. The van der Waals surface area contributed by atoms with Crippen LogP contribution in [0.25, 0.3) is 0 Å². The molecule has 11 heteroatoms. The Kier molecular flexibility index (Phi) is 10.9. The second-order valence-electron chi connectivity index (χ2n) is 12.4. The van der Waals surface area contributed by atoms with E-state index >= 15 is 0 Å². The number of hydrogen-bond acceptors (Lipinski definition) is 7. The third-order valence-electron chi connectivity index (χ3n) is 8.53. The molecule has 2 fully saturated rings. The lowest BCUT2D eigenvalue weighted by Gasteiger charge is -2.35. The maximum absolute atomic E-state index is 14.5. The Morgan fingerprint density at radius 1 is 0.936 bits per heavy atom. The monoisotopic (exact) mass is 644 g/mol. The van der Waals surface area contributed by atoms with Gasteiger partial charge in [-0.3, -0.25) is 9.59 Å².